The first-order chi connectivity index (χ1) is 7.52. The highest BCUT2D eigenvalue weighted by Crippen LogP contribution is 2.15. The summed E-state index contributed by atoms with van der Waals surface area (Å²) in [5.41, 5.74) is 0.291. The highest BCUT2D eigenvalue weighted by Gasteiger charge is 2.17. The number of carbonyl (C=O) groups is 2. The zero-order chi connectivity index (χ0) is 12.1. The van der Waals surface area contributed by atoms with E-state index in [0.717, 1.165) is 12.1 Å². The third-order valence-corrected chi connectivity index (χ3v) is 1.95. The average Bonchev–Trinajstić information content (AvgIpc) is 2.15. The minimum Gasteiger partial charge on any atom is -0.508 e. The van der Waals surface area contributed by atoms with Crippen molar-refractivity contribution in [3.05, 3.63) is 29.6 Å². The number of carbonyl (C=O) groups excluding carboxylic acids is 1. The third-order valence-electron chi connectivity index (χ3n) is 1.95. The number of aliphatic carboxylic acids is 1. The van der Waals surface area contributed by atoms with Crippen LogP contribution in [-0.4, -0.2) is 28.6 Å². The molecule has 1 unspecified atom stereocenters. The summed E-state index contributed by atoms with van der Waals surface area (Å²) in [5, 5.41) is 19.9. The predicted octanol–water partition coefficient (Wildman–Crippen LogP) is 0.273. The lowest BCUT2D eigenvalue weighted by Gasteiger charge is -2.11. The molecule has 0 aromatic heterocycles. The number of amides is 1. The molecular formula is C10H10FNO4. The lowest BCUT2D eigenvalue weighted by molar-refractivity contribution is -0.140. The molecule has 0 aliphatic carbocycles. The molecule has 1 aromatic rings. The van der Waals surface area contributed by atoms with Gasteiger partial charge in [-0.1, -0.05) is 0 Å². The molecule has 3 N–H and O–H groups in total. The van der Waals surface area contributed by atoms with Crippen LogP contribution in [-0.2, 0) is 16.0 Å². The summed E-state index contributed by atoms with van der Waals surface area (Å²) in [4.78, 5) is 20.8. The van der Waals surface area contributed by atoms with Crippen LogP contribution in [0, 0.1) is 5.82 Å². The van der Waals surface area contributed by atoms with Crippen molar-refractivity contribution in [1.82, 2.24) is 5.32 Å². The first kappa shape index (κ1) is 12.0. The van der Waals surface area contributed by atoms with Crippen LogP contribution in [0.4, 0.5) is 4.39 Å². The molecule has 0 saturated carbocycles. The van der Waals surface area contributed by atoms with E-state index >= 15 is 0 Å². The number of halogens is 1. The van der Waals surface area contributed by atoms with Crippen molar-refractivity contribution < 1.29 is 24.2 Å². The Hall–Kier alpha value is -2.11. The van der Waals surface area contributed by atoms with Crippen LogP contribution >= 0.6 is 0 Å². The van der Waals surface area contributed by atoms with E-state index in [9.17, 15) is 14.0 Å². The van der Waals surface area contributed by atoms with E-state index in [0.29, 0.717) is 5.56 Å². The van der Waals surface area contributed by atoms with E-state index in [1.807, 2.05) is 0 Å². The van der Waals surface area contributed by atoms with Gasteiger partial charge in [0.15, 0.2) is 0 Å². The molecule has 1 rings (SSSR count). The monoisotopic (exact) mass is 227 g/mol. The molecule has 0 heterocycles. The fraction of sp³-hybridized carbons (Fsp3) is 0.200. The van der Waals surface area contributed by atoms with Gasteiger partial charge < -0.3 is 15.5 Å². The summed E-state index contributed by atoms with van der Waals surface area (Å²) in [6.07, 6.45) is 0.164. The molecule has 0 aliphatic heterocycles. The Morgan fingerprint density at radius 2 is 2.19 bits per heavy atom. The van der Waals surface area contributed by atoms with Crippen molar-refractivity contribution in [3.63, 3.8) is 0 Å². The van der Waals surface area contributed by atoms with Crippen molar-refractivity contribution in [3.8, 4) is 5.75 Å². The second-order valence-electron chi connectivity index (χ2n) is 3.20. The van der Waals surface area contributed by atoms with Crippen molar-refractivity contribution in [2.45, 2.75) is 12.5 Å². The fourth-order valence-corrected chi connectivity index (χ4v) is 1.29. The maximum absolute atomic E-state index is 12.9. The highest BCUT2D eigenvalue weighted by atomic mass is 19.1. The number of hydrogen-bond acceptors (Lipinski definition) is 3. The first-order valence-corrected chi connectivity index (χ1v) is 4.44. The van der Waals surface area contributed by atoms with Gasteiger partial charge in [-0.05, 0) is 17.7 Å². The van der Waals surface area contributed by atoms with Gasteiger partial charge in [0, 0.05) is 12.5 Å². The van der Waals surface area contributed by atoms with Gasteiger partial charge in [0.2, 0.25) is 6.41 Å². The van der Waals surface area contributed by atoms with Crippen LogP contribution in [0.5, 0.6) is 5.75 Å². The quantitative estimate of drug-likeness (QED) is 0.630. The molecule has 0 fully saturated rings. The zero-order valence-electron chi connectivity index (χ0n) is 8.18. The van der Waals surface area contributed by atoms with E-state index in [-0.39, 0.29) is 18.6 Å². The van der Waals surface area contributed by atoms with Gasteiger partial charge in [0.1, 0.15) is 17.6 Å². The third kappa shape index (κ3) is 3.23. The molecule has 6 heteroatoms. The maximum Gasteiger partial charge on any atom is 0.326 e. The van der Waals surface area contributed by atoms with Gasteiger partial charge in [0.25, 0.3) is 0 Å². The van der Waals surface area contributed by atoms with Crippen LogP contribution in [0.15, 0.2) is 18.2 Å². The molecule has 0 bridgehead atoms. The van der Waals surface area contributed by atoms with Crippen molar-refractivity contribution in [2.24, 2.45) is 0 Å². The average molecular weight is 227 g/mol. The van der Waals surface area contributed by atoms with Gasteiger partial charge in [-0.3, -0.25) is 4.79 Å². The van der Waals surface area contributed by atoms with E-state index in [2.05, 4.69) is 5.32 Å². The normalized spacial score (nSPS) is 11.8. The molecule has 1 amide bonds. The van der Waals surface area contributed by atoms with E-state index in [4.69, 9.17) is 10.2 Å². The Morgan fingerprint density at radius 3 is 2.69 bits per heavy atom. The number of rotatable bonds is 5. The summed E-state index contributed by atoms with van der Waals surface area (Å²) in [6.45, 7) is 0. The molecule has 0 aliphatic rings. The number of phenolic OH excluding ortho intramolecular Hbond substituents is 1. The maximum atomic E-state index is 12.9. The standard InChI is InChI=1S/C10H10FNO4/c11-7-1-6(2-8(14)4-7)3-9(10(15)16)12-5-13/h1-2,4-5,9,14H,3H2,(H,12,13)(H,15,16). The van der Waals surface area contributed by atoms with Crippen molar-refractivity contribution in [1.29, 1.82) is 0 Å². The predicted molar refractivity (Wildman–Crippen MR) is 52.4 cm³/mol. The molecule has 5 nitrogen and oxygen atoms in total. The van der Waals surface area contributed by atoms with Crippen LogP contribution in [0.25, 0.3) is 0 Å². The Bertz CT molecular complexity index is 388. The van der Waals surface area contributed by atoms with Gasteiger partial charge in [-0.15, -0.1) is 0 Å². The number of carboxylic acid groups (broad SMARTS) is 1. The minimum atomic E-state index is -1.23. The minimum absolute atomic E-state index is 0.0978. The number of nitrogens with one attached hydrogen (secondary N) is 1. The number of aromatic hydroxyl groups is 1. The molecule has 1 aromatic carbocycles. The largest absolute Gasteiger partial charge is 0.508 e. The highest BCUT2D eigenvalue weighted by molar-refractivity contribution is 5.76. The Balaban J connectivity index is 2.84. The Kier molecular flexibility index (Phi) is 3.82. The Labute approximate surface area is 90.5 Å². The lowest BCUT2D eigenvalue weighted by atomic mass is 10.1. The summed E-state index contributed by atoms with van der Waals surface area (Å²) >= 11 is 0. The van der Waals surface area contributed by atoms with Crippen LogP contribution in [0.2, 0.25) is 0 Å². The number of benzene rings is 1. The molecule has 86 valence electrons. The van der Waals surface area contributed by atoms with E-state index in [1.165, 1.54) is 6.07 Å². The molecule has 0 saturated heterocycles. The summed E-state index contributed by atoms with van der Waals surface area (Å²) in [5.74, 6) is -2.17. The number of carboxylic acids is 1. The van der Waals surface area contributed by atoms with Gasteiger partial charge in [0.05, 0.1) is 0 Å². The summed E-state index contributed by atoms with van der Waals surface area (Å²) in [7, 11) is 0. The van der Waals surface area contributed by atoms with Crippen LogP contribution < -0.4 is 5.32 Å². The van der Waals surface area contributed by atoms with E-state index < -0.39 is 17.8 Å². The smallest absolute Gasteiger partial charge is 0.326 e. The first-order valence-electron chi connectivity index (χ1n) is 4.44. The van der Waals surface area contributed by atoms with Gasteiger partial charge in [-0.2, -0.15) is 0 Å². The lowest BCUT2D eigenvalue weighted by Crippen LogP contribution is -2.37. The van der Waals surface area contributed by atoms with Crippen molar-refractivity contribution in [2.75, 3.05) is 0 Å². The summed E-state index contributed by atoms with van der Waals surface area (Å²) in [6, 6.07) is 2.11. The number of phenols is 1. The molecule has 0 spiro atoms. The Morgan fingerprint density at radius 1 is 1.50 bits per heavy atom. The van der Waals surface area contributed by atoms with Crippen LogP contribution in [0.3, 0.4) is 0 Å². The number of hydrogen-bond donors (Lipinski definition) is 3. The van der Waals surface area contributed by atoms with E-state index in [1.54, 1.807) is 0 Å². The topological polar surface area (TPSA) is 86.6 Å². The fourth-order valence-electron chi connectivity index (χ4n) is 1.29. The molecular weight excluding hydrogens is 217 g/mol. The SMILES string of the molecule is O=CNC(Cc1cc(O)cc(F)c1)C(=O)O. The van der Waals surface area contributed by atoms with Gasteiger partial charge >= 0.3 is 5.97 Å². The molecule has 16 heavy (non-hydrogen) atoms. The summed E-state index contributed by atoms with van der Waals surface area (Å²) < 4.78 is 12.9. The second kappa shape index (κ2) is 5.11. The van der Waals surface area contributed by atoms with Crippen LogP contribution in [0.1, 0.15) is 5.56 Å². The van der Waals surface area contributed by atoms with Crippen molar-refractivity contribution >= 4 is 12.4 Å². The molecule has 1 atom stereocenters. The van der Waals surface area contributed by atoms with Gasteiger partial charge in [-0.25, -0.2) is 9.18 Å². The second-order valence-corrected chi connectivity index (χ2v) is 3.20. The zero-order valence-corrected chi connectivity index (χ0v) is 8.18. The molecule has 0 radical (unpaired) electrons.